The standard InChI is InChI=1S/C18H20N6O2/c1-3-12-9-21-17(11-20-12)24-16-8-15(14(10-22-16)18(25)26-2)23-13-4-6-19-7-5-13/h1,8-11,13,19H,4-7H2,2H3,(H2,21,22,23,24). The van der Waals surface area contributed by atoms with E-state index in [0.717, 1.165) is 25.9 Å². The minimum atomic E-state index is -0.432. The number of anilines is 3. The molecule has 0 amide bonds. The molecular weight excluding hydrogens is 332 g/mol. The van der Waals surface area contributed by atoms with Crippen LogP contribution in [0.2, 0.25) is 0 Å². The van der Waals surface area contributed by atoms with E-state index in [1.165, 1.54) is 25.7 Å². The van der Waals surface area contributed by atoms with Crippen LogP contribution in [0, 0.1) is 12.3 Å². The summed E-state index contributed by atoms with van der Waals surface area (Å²) in [6.45, 7) is 1.89. The molecule has 0 aromatic carbocycles. The molecule has 1 aliphatic rings. The molecule has 26 heavy (non-hydrogen) atoms. The number of nitrogens with zero attached hydrogens (tertiary/aromatic N) is 3. The first-order valence-electron chi connectivity index (χ1n) is 8.31. The van der Waals surface area contributed by atoms with Crippen LogP contribution in [0.4, 0.5) is 17.3 Å². The lowest BCUT2D eigenvalue weighted by atomic mass is 10.1. The zero-order chi connectivity index (χ0) is 18.4. The maximum atomic E-state index is 12.0. The van der Waals surface area contributed by atoms with Crippen molar-refractivity contribution in [2.75, 3.05) is 30.8 Å². The number of rotatable bonds is 5. The van der Waals surface area contributed by atoms with Crippen molar-refractivity contribution in [1.29, 1.82) is 0 Å². The van der Waals surface area contributed by atoms with Crippen LogP contribution < -0.4 is 16.0 Å². The lowest BCUT2D eigenvalue weighted by molar-refractivity contribution is 0.0601. The maximum absolute atomic E-state index is 12.0. The molecule has 3 heterocycles. The number of hydrogen-bond donors (Lipinski definition) is 3. The fourth-order valence-corrected chi connectivity index (χ4v) is 2.70. The van der Waals surface area contributed by atoms with Crippen LogP contribution in [0.5, 0.6) is 0 Å². The second-order valence-electron chi connectivity index (χ2n) is 5.83. The van der Waals surface area contributed by atoms with Crippen LogP contribution in [0.25, 0.3) is 0 Å². The topological polar surface area (TPSA) is 101 Å². The van der Waals surface area contributed by atoms with Crippen LogP contribution in [-0.2, 0) is 4.74 Å². The largest absolute Gasteiger partial charge is 0.465 e. The summed E-state index contributed by atoms with van der Waals surface area (Å²) in [5.41, 5.74) is 1.53. The molecule has 3 rings (SSSR count). The average Bonchev–Trinajstić information content (AvgIpc) is 2.69. The van der Waals surface area contributed by atoms with Crippen molar-refractivity contribution in [2.24, 2.45) is 0 Å². The molecule has 134 valence electrons. The molecule has 8 nitrogen and oxygen atoms in total. The van der Waals surface area contributed by atoms with Crippen molar-refractivity contribution in [1.82, 2.24) is 20.3 Å². The summed E-state index contributed by atoms with van der Waals surface area (Å²) >= 11 is 0. The zero-order valence-corrected chi connectivity index (χ0v) is 14.5. The van der Waals surface area contributed by atoms with Crippen LogP contribution in [0.1, 0.15) is 28.9 Å². The molecular formula is C18H20N6O2. The van der Waals surface area contributed by atoms with Crippen molar-refractivity contribution in [3.63, 3.8) is 0 Å². The number of carbonyl (C=O) groups is 1. The minimum absolute atomic E-state index is 0.282. The molecule has 0 spiro atoms. The van der Waals surface area contributed by atoms with Gasteiger partial charge in [0.05, 0.1) is 25.2 Å². The van der Waals surface area contributed by atoms with Crippen molar-refractivity contribution in [3.05, 3.63) is 35.9 Å². The summed E-state index contributed by atoms with van der Waals surface area (Å²) in [4.78, 5) is 24.6. The third-order valence-corrected chi connectivity index (χ3v) is 4.06. The van der Waals surface area contributed by atoms with Gasteiger partial charge in [-0.2, -0.15) is 0 Å². The van der Waals surface area contributed by atoms with Gasteiger partial charge in [-0.25, -0.2) is 19.7 Å². The number of nitrogens with one attached hydrogen (secondary N) is 3. The summed E-state index contributed by atoms with van der Waals surface area (Å²) in [5, 5.41) is 9.80. The molecule has 8 heteroatoms. The fourth-order valence-electron chi connectivity index (χ4n) is 2.70. The van der Waals surface area contributed by atoms with E-state index in [0.29, 0.717) is 28.6 Å². The number of terminal acetylenes is 1. The highest BCUT2D eigenvalue weighted by Crippen LogP contribution is 2.23. The van der Waals surface area contributed by atoms with Crippen LogP contribution in [0.3, 0.4) is 0 Å². The molecule has 0 radical (unpaired) electrons. The molecule has 2 aromatic rings. The SMILES string of the molecule is C#Cc1cnc(Nc2cc(NC3CCNCC3)c(C(=O)OC)cn2)cn1. The number of hydrogen-bond acceptors (Lipinski definition) is 8. The molecule has 1 saturated heterocycles. The van der Waals surface area contributed by atoms with Crippen LogP contribution in [0.15, 0.2) is 24.7 Å². The lowest BCUT2D eigenvalue weighted by Gasteiger charge is -2.25. The number of ether oxygens (including phenoxy) is 1. The molecule has 0 unspecified atom stereocenters. The number of aromatic nitrogens is 3. The van der Waals surface area contributed by atoms with Crippen LogP contribution in [-0.4, -0.2) is 47.2 Å². The molecule has 0 saturated carbocycles. The van der Waals surface area contributed by atoms with Gasteiger partial charge < -0.3 is 20.7 Å². The third-order valence-electron chi connectivity index (χ3n) is 4.06. The Labute approximate surface area is 151 Å². The zero-order valence-electron chi connectivity index (χ0n) is 14.5. The minimum Gasteiger partial charge on any atom is -0.465 e. The molecule has 2 aromatic heterocycles. The third kappa shape index (κ3) is 4.26. The summed E-state index contributed by atoms with van der Waals surface area (Å²) in [7, 11) is 1.35. The Bertz CT molecular complexity index is 809. The first kappa shape index (κ1) is 17.6. The fraction of sp³-hybridized carbons (Fsp3) is 0.333. The number of esters is 1. The number of pyridine rings is 1. The average molecular weight is 352 g/mol. The first-order chi connectivity index (χ1) is 12.7. The van der Waals surface area contributed by atoms with E-state index < -0.39 is 5.97 Å². The van der Waals surface area contributed by atoms with Crippen molar-refractivity contribution >= 4 is 23.3 Å². The van der Waals surface area contributed by atoms with Gasteiger partial charge in [0.25, 0.3) is 0 Å². The Morgan fingerprint density at radius 1 is 1.23 bits per heavy atom. The highest BCUT2D eigenvalue weighted by atomic mass is 16.5. The van der Waals surface area contributed by atoms with Gasteiger partial charge in [0.15, 0.2) is 0 Å². The summed E-state index contributed by atoms with van der Waals surface area (Å²) in [6.07, 6.45) is 11.8. The van der Waals surface area contributed by atoms with Crippen LogP contribution >= 0.6 is 0 Å². The Balaban J connectivity index is 1.82. The van der Waals surface area contributed by atoms with E-state index in [9.17, 15) is 4.79 Å². The van der Waals surface area contributed by atoms with Gasteiger partial charge in [-0.1, -0.05) is 0 Å². The quantitative estimate of drug-likeness (QED) is 0.550. The van der Waals surface area contributed by atoms with Gasteiger partial charge in [0.2, 0.25) is 0 Å². The van der Waals surface area contributed by atoms with E-state index in [4.69, 9.17) is 11.2 Å². The van der Waals surface area contributed by atoms with E-state index >= 15 is 0 Å². The van der Waals surface area contributed by atoms with Crippen molar-refractivity contribution in [3.8, 4) is 12.3 Å². The smallest absolute Gasteiger partial charge is 0.341 e. The van der Waals surface area contributed by atoms with Gasteiger partial charge in [-0.15, -0.1) is 6.42 Å². The summed E-state index contributed by atoms with van der Waals surface area (Å²) < 4.78 is 4.86. The highest BCUT2D eigenvalue weighted by molar-refractivity contribution is 5.95. The maximum Gasteiger partial charge on any atom is 0.341 e. The number of piperidine rings is 1. The van der Waals surface area contributed by atoms with Gasteiger partial charge in [0, 0.05) is 18.3 Å². The van der Waals surface area contributed by atoms with Gasteiger partial charge in [-0.05, 0) is 31.9 Å². The number of methoxy groups -OCH3 is 1. The summed E-state index contributed by atoms with van der Waals surface area (Å²) in [6, 6.07) is 2.05. The highest BCUT2D eigenvalue weighted by Gasteiger charge is 2.18. The van der Waals surface area contributed by atoms with E-state index in [-0.39, 0.29) is 6.04 Å². The van der Waals surface area contributed by atoms with Crippen molar-refractivity contribution < 1.29 is 9.53 Å². The molecule has 1 fully saturated rings. The van der Waals surface area contributed by atoms with E-state index in [1.54, 1.807) is 6.07 Å². The Morgan fingerprint density at radius 2 is 2.00 bits per heavy atom. The molecule has 1 aliphatic heterocycles. The lowest BCUT2D eigenvalue weighted by Crippen LogP contribution is -2.35. The predicted molar refractivity (Wildman–Crippen MR) is 98.3 cm³/mol. The number of carbonyl (C=O) groups excluding carboxylic acids is 1. The Hall–Kier alpha value is -3.18. The first-order valence-corrected chi connectivity index (χ1v) is 8.31. The normalized spacial score (nSPS) is 14.3. The Morgan fingerprint density at radius 3 is 2.65 bits per heavy atom. The van der Waals surface area contributed by atoms with Gasteiger partial charge in [0.1, 0.15) is 22.9 Å². The van der Waals surface area contributed by atoms with Crippen molar-refractivity contribution in [2.45, 2.75) is 18.9 Å². The molecule has 0 bridgehead atoms. The molecule has 0 aliphatic carbocycles. The van der Waals surface area contributed by atoms with E-state index in [1.807, 2.05) is 0 Å². The second kappa shape index (κ2) is 8.27. The molecule has 3 N–H and O–H groups in total. The van der Waals surface area contributed by atoms with Gasteiger partial charge >= 0.3 is 5.97 Å². The molecule has 0 atom stereocenters. The monoisotopic (exact) mass is 352 g/mol. The Kier molecular flexibility index (Phi) is 5.61. The predicted octanol–water partition coefficient (Wildman–Crippen LogP) is 1.55. The second-order valence-corrected chi connectivity index (χ2v) is 5.83. The van der Waals surface area contributed by atoms with Gasteiger partial charge in [-0.3, -0.25) is 0 Å². The summed E-state index contributed by atoms with van der Waals surface area (Å²) in [5.74, 6) is 3.03. The van der Waals surface area contributed by atoms with E-state index in [2.05, 4.69) is 36.8 Å².